The molecule has 0 aliphatic rings. The Labute approximate surface area is 76.2 Å². The molecule has 0 radical (unpaired) electrons. The molecule has 1 aromatic carbocycles. The summed E-state index contributed by atoms with van der Waals surface area (Å²) in [7, 11) is 0. The van der Waals surface area contributed by atoms with Crippen molar-refractivity contribution < 1.29 is 4.79 Å². The second-order valence-corrected chi connectivity index (χ2v) is 14.6. The molecule has 0 fully saturated rings. The summed E-state index contributed by atoms with van der Waals surface area (Å²) in [5, 5.41) is 0. The van der Waals surface area contributed by atoms with Crippen LogP contribution < -0.4 is 4.40 Å². The van der Waals surface area contributed by atoms with Crippen molar-refractivity contribution >= 4 is 23.9 Å². The van der Waals surface area contributed by atoms with Crippen LogP contribution in [0.1, 0.15) is 10.4 Å². The molecule has 0 amide bonds. The first kappa shape index (κ1) is 9.52. The number of carbonyl (C=O) groups is 1. The Bertz CT molecular complexity index is 269. The van der Waals surface area contributed by atoms with Gasteiger partial charge in [0.2, 0.25) is 0 Å². The van der Waals surface area contributed by atoms with Crippen LogP contribution in [-0.4, -0.2) is 19.6 Å². The fourth-order valence-corrected chi connectivity index (χ4v) is 3.51. The molecule has 1 nitrogen and oxygen atoms in total. The predicted octanol–water partition coefficient (Wildman–Crippen LogP) is 2.04. The first-order valence-corrected chi connectivity index (χ1v) is 11.4. The van der Waals surface area contributed by atoms with Gasteiger partial charge in [0.05, 0.1) is 0 Å². The predicted molar refractivity (Wildman–Crippen MR) is 54.8 cm³/mol. The molecular weight excluding hydrogens is 209 g/mol. The maximum absolute atomic E-state index is 10.4. The van der Waals surface area contributed by atoms with E-state index in [1.54, 1.807) is 0 Å². The molecule has 0 spiro atoms. The van der Waals surface area contributed by atoms with Crippen molar-refractivity contribution in [3.05, 3.63) is 29.8 Å². The molecule has 0 aliphatic heterocycles. The van der Waals surface area contributed by atoms with Crippen LogP contribution in [0.4, 0.5) is 0 Å². The molecule has 12 heavy (non-hydrogen) atoms. The average Bonchev–Trinajstić information content (AvgIpc) is 2.03. The minimum atomic E-state index is -1.66. The number of aldehydes is 1. The molecule has 1 aromatic rings. The van der Waals surface area contributed by atoms with Gasteiger partial charge in [-0.3, -0.25) is 0 Å². The molecule has 1 rings (SSSR count). The van der Waals surface area contributed by atoms with Gasteiger partial charge in [-0.2, -0.15) is 0 Å². The zero-order valence-corrected chi connectivity index (χ0v) is 9.89. The van der Waals surface area contributed by atoms with Crippen LogP contribution in [0.2, 0.25) is 17.3 Å². The number of carbonyl (C=O) groups excluding carboxylic acids is 1. The third-order valence-corrected chi connectivity index (χ3v) is 6.25. The second-order valence-electron chi connectivity index (χ2n) is 3.99. The van der Waals surface area contributed by atoms with Gasteiger partial charge in [-0.25, -0.2) is 0 Å². The molecule has 64 valence electrons. The summed E-state index contributed by atoms with van der Waals surface area (Å²) in [4.78, 5) is 10.4. The maximum atomic E-state index is 10.4. The number of benzene rings is 1. The van der Waals surface area contributed by atoms with Gasteiger partial charge >= 0.3 is 75.8 Å². The standard InChI is InChI=1S/C10H14GeO/c1-11(2,3)10-6-4-9(8-12)5-7-10/h4-8H,1-3H3. The van der Waals surface area contributed by atoms with Crippen molar-refractivity contribution in [3.63, 3.8) is 0 Å². The van der Waals surface area contributed by atoms with Crippen molar-refractivity contribution in [2.24, 2.45) is 0 Å². The van der Waals surface area contributed by atoms with E-state index < -0.39 is 13.3 Å². The van der Waals surface area contributed by atoms with E-state index in [1.165, 1.54) is 4.40 Å². The molecule has 2 heteroatoms. The Morgan fingerprint density at radius 2 is 1.58 bits per heavy atom. The summed E-state index contributed by atoms with van der Waals surface area (Å²) in [6.45, 7) is 0. The van der Waals surface area contributed by atoms with Crippen LogP contribution in [0.15, 0.2) is 24.3 Å². The molecule has 0 aliphatic carbocycles. The zero-order chi connectivity index (χ0) is 9.19. The van der Waals surface area contributed by atoms with Gasteiger partial charge in [0, 0.05) is 0 Å². The fraction of sp³-hybridized carbons (Fsp3) is 0.300. The Balaban J connectivity index is 3.00. The van der Waals surface area contributed by atoms with E-state index in [0.29, 0.717) is 0 Å². The third kappa shape index (κ3) is 2.21. The number of hydrogen-bond acceptors (Lipinski definition) is 1. The van der Waals surface area contributed by atoms with Crippen molar-refractivity contribution in [2.75, 3.05) is 0 Å². The van der Waals surface area contributed by atoms with Crippen LogP contribution in [0.25, 0.3) is 0 Å². The summed E-state index contributed by atoms with van der Waals surface area (Å²) in [6.07, 6.45) is 0.888. The fourth-order valence-electron chi connectivity index (χ4n) is 1.06. The van der Waals surface area contributed by atoms with Crippen molar-refractivity contribution in [1.29, 1.82) is 0 Å². The van der Waals surface area contributed by atoms with Gasteiger partial charge in [-0.15, -0.1) is 0 Å². The average molecular weight is 223 g/mol. The van der Waals surface area contributed by atoms with Crippen LogP contribution in [0, 0.1) is 0 Å². The van der Waals surface area contributed by atoms with E-state index >= 15 is 0 Å². The molecule has 0 saturated heterocycles. The summed E-state index contributed by atoms with van der Waals surface area (Å²) >= 11 is -1.66. The summed E-state index contributed by atoms with van der Waals surface area (Å²) in [5.41, 5.74) is 0.769. The molecule has 0 unspecified atom stereocenters. The molecule has 0 aromatic heterocycles. The second kappa shape index (κ2) is 3.44. The van der Waals surface area contributed by atoms with Crippen LogP contribution in [0.3, 0.4) is 0 Å². The van der Waals surface area contributed by atoms with Crippen LogP contribution in [0.5, 0.6) is 0 Å². The van der Waals surface area contributed by atoms with Gasteiger partial charge in [0.25, 0.3) is 0 Å². The third-order valence-electron chi connectivity index (χ3n) is 1.91. The van der Waals surface area contributed by atoms with Gasteiger partial charge in [0.1, 0.15) is 0 Å². The van der Waals surface area contributed by atoms with Gasteiger partial charge < -0.3 is 0 Å². The van der Waals surface area contributed by atoms with Crippen LogP contribution >= 0.6 is 0 Å². The van der Waals surface area contributed by atoms with E-state index in [1.807, 2.05) is 12.1 Å². The van der Waals surface area contributed by atoms with E-state index in [9.17, 15) is 4.79 Å². The van der Waals surface area contributed by atoms with Gasteiger partial charge in [-0.1, -0.05) is 0 Å². The molecule has 0 saturated carbocycles. The van der Waals surface area contributed by atoms with Crippen LogP contribution in [-0.2, 0) is 0 Å². The normalized spacial score (nSPS) is 11.2. The Morgan fingerprint density at radius 1 is 1.08 bits per heavy atom. The summed E-state index contributed by atoms with van der Waals surface area (Å²) < 4.78 is 1.45. The van der Waals surface area contributed by atoms with E-state index in [4.69, 9.17) is 0 Å². The summed E-state index contributed by atoms with van der Waals surface area (Å²) in [6, 6.07) is 7.98. The molecule has 0 N–H and O–H groups in total. The Morgan fingerprint density at radius 3 is 1.92 bits per heavy atom. The van der Waals surface area contributed by atoms with Gasteiger partial charge in [0.15, 0.2) is 0 Å². The SMILES string of the molecule is [CH3][Ge]([CH3])([CH3])[c]1ccc(C=O)cc1. The van der Waals surface area contributed by atoms with Gasteiger partial charge in [-0.05, 0) is 0 Å². The number of hydrogen-bond donors (Lipinski definition) is 0. The molecular formula is C10H14GeO. The van der Waals surface area contributed by atoms with E-state index in [2.05, 4.69) is 29.4 Å². The van der Waals surface area contributed by atoms with Crippen molar-refractivity contribution in [2.45, 2.75) is 17.3 Å². The minimum absolute atomic E-state index is 0.769. The van der Waals surface area contributed by atoms with Crippen molar-refractivity contribution in [1.82, 2.24) is 0 Å². The topological polar surface area (TPSA) is 17.1 Å². The summed E-state index contributed by atoms with van der Waals surface area (Å²) in [5.74, 6) is 7.03. The molecule has 0 bridgehead atoms. The van der Waals surface area contributed by atoms with E-state index in [-0.39, 0.29) is 0 Å². The monoisotopic (exact) mass is 224 g/mol. The molecule has 0 heterocycles. The first-order chi connectivity index (χ1) is 5.54. The first-order valence-electron chi connectivity index (χ1n) is 4.10. The number of rotatable bonds is 2. The Kier molecular flexibility index (Phi) is 2.73. The molecule has 0 atom stereocenters. The Hall–Kier alpha value is -0.567. The van der Waals surface area contributed by atoms with E-state index in [0.717, 1.165) is 11.8 Å². The zero-order valence-electron chi connectivity index (χ0n) is 7.79. The quantitative estimate of drug-likeness (QED) is 0.553. The van der Waals surface area contributed by atoms with Crippen molar-refractivity contribution in [3.8, 4) is 0 Å².